The molecule has 4 fully saturated rings. The number of likely N-dealkylation sites (tertiary alicyclic amines) is 1. The van der Waals surface area contributed by atoms with Crippen LogP contribution in [0, 0.1) is 11.8 Å². The van der Waals surface area contributed by atoms with Gasteiger partial charge in [-0.25, -0.2) is 0 Å². The zero-order chi connectivity index (χ0) is 23.6. The molecule has 4 aliphatic heterocycles. The summed E-state index contributed by atoms with van der Waals surface area (Å²) in [5.41, 5.74) is -1.76. The predicted molar refractivity (Wildman–Crippen MR) is 119 cm³/mol. The minimum atomic E-state index is -1.00. The van der Waals surface area contributed by atoms with Gasteiger partial charge in [0.05, 0.1) is 30.7 Å². The fourth-order valence-electron chi connectivity index (χ4n) is 6.23. The first-order valence-electron chi connectivity index (χ1n) is 12.3. The minimum Gasteiger partial charge on any atom is -0.396 e. The highest BCUT2D eigenvalue weighted by molar-refractivity contribution is 5.99. The van der Waals surface area contributed by atoms with Crippen molar-refractivity contribution < 1.29 is 29.0 Å². The summed E-state index contributed by atoms with van der Waals surface area (Å²) in [4.78, 5) is 44.0. The highest BCUT2D eigenvalue weighted by Gasteiger charge is 2.77. The van der Waals surface area contributed by atoms with Gasteiger partial charge in [-0.15, -0.1) is 0 Å². The van der Waals surface area contributed by atoms with Crippen molar-refractivity contribution in [2.45, 2.75) is 56.8 Å². The number of aliphatic hydroxyl groups excluding tert-OH is 1. The third-order valence-electron chi connectivity index (χ3n) is 7.74. The van der Waals surface area contributed by atoms with E-state index >= 15 is 0 Å². The van der Waals surface area contributed by atoms with Crippen LogP contribution < -0.4 is 10.6 Å². The number of morpholine rings is 1. The molecule has 0 aromatic heterocycles. The molecule has 2 bridgehead atoms. The van der Waals surface area contributed by atoms with Crippen molar-refractivity contribution in [3.63, 3.8) is 0 Å². The molecular formula is C23H38N4O6. The van der Waals surface area contributed by atoms with Crippen LogP contribution >= 0.6 is 0 Å². The Hall–Kier alpha value is -1.75. The summed E-state index contributed by atoms with van der Waals surface area (Å²) in [6.45, 7) is 8.84. The van der Waals surface area contributed by atoms with Crippen molar-refractivity contribution in [3.05, 3.63) is 0 Å². The number of hydrogen-bond acceptors (Lipinski definition) is 7. The maximum Gasteiger partial charge on any atom is 0.245 e. The number of ether oxygens (including phenoxy) is 2. The molecule has 4 heterocycles. The molecule has 10 heteroatoms. The van der Waals surface area contributed by atoms with Crippen molar-refractivity contribution in [1.29, 1.82) is 0 Å². The number of carbonyl (C=O) groups is 3. The summed E-state index contributed by atoms with van der Waals surface area (Å²) < 4.78 is 11.9. The summed E-state index contributed by atoms with van der Waals surface area (Å²) in [6, 6.07) is -0.794. The van der Waals surface area contributed by atoms with E-state index in [0.717, 1.165) is 19.5 Å². The highest BCUT2D eigenvalue weighted by Crippen LogP contribution is 2.63. The molecule has 0 aromatic rings. The van der Waals surface area contributed by atoms with E-state index in [0.29, 0.717) is 52.1 Å². The second kappa shape index (κ2) is 9.85. The molecule has 1 spiro atoms. The second-order valence-electron chi connectivity index (χ2n) is 9.87. The Labute approximate surface area is 195 Å². The first-order chi connectivity index (χ1) is 15.9. The molecule has 4 aliphatic rings. The van der Waals surface area contributed by atoms with Gasteiger partial charge in [0.15, 0.2) is 0 Å². The molecule has 186 valence electrons. The summed E-state index contributed by atoms with van der Waals surface area (Å²) >= 11 is 0. The first kappa shape index (κ1) is 24.4. The van der Waals surface area contributed by atoms with Crippen LogP contribution in [-0.4, -0.2) is 109 Å². The van der Waals surface area contributed by atoms with Gasteiger partial charge in [-0.2, -0.15) is 0 Å². The first-order valence-corrected chi connectivity index (χ1v) is 12.3. The zero-order valence-electron chi connectivity index (χ0n) is 19.8. The third kappa shape index (κ3) is 4.26. The maximum atomic E-state index is 13.6. The molecular weight excluding hydrogens is 428 g/mol. The van der Waals surface area contributed by atoms with Crippen molar-refractivity contribution in [3.8, 4) is 0 Å². The molecule has 10 nitrogen and oxygen atoms in total. The maximum absolute atomic E-state index is 13.6. The van der Waals surface area contributed by atoms with Gasteiger partial charge in [0, 0.05) is 45.9 Å². The van der Waals surface area contributed by atoms with Crippen LogP contribution in [0.3, 0.4) is 0 Å². The van der Waals surface area contributed by atoms with Gasteiger partial charge < -0.3 is 30.1 Å². The minimum absolute atomic E-state index is 0.0776. The van der Waals surface area contributed by atoms with Crippen LogP contribution in [0.4, 0.5) is 0 Å². The van der Waals surface area contributed by atoms with Crippen LogP contribution in [0.5, 0.6) is 0 Å². The summed E-state index contributed by atoms with van der Waals surface area (Å²) in [6.07, 6.45) is 2.37. The van der Waals surface area contributed by atoms with Gasteiger partial charge in [0.25, 0.3) is 0 Å². The van der Waals surface area contributed by atoms with Crippen molar-refractivity contribution >= 4 is 17.7 Å². The SMILES string of the molecule is CCCNC(=O)[C@H]1[C@H]2C(=O)N(CCCO)C(C(=O)NCCN3CCOCC3)C23CC[C@]1(C)O3. The van der Waals surface area contributed by atoms with Gasteiger partial charge in [-0.3, -0.25) is 19.3 Å². The number of rotatable bonds is 10. The van der Waals surface area contributed by atoms with E-state index in [4.69, 9.17) is 9.47 Å². The largest absolute Gasteiger partial charge is 0.396 e. The van der Waals surface area contributed by atoms with E-state index in [9.17, 15) is 19.5 Å². The molecule has 33 heavy (non-hydrogen) atoms. The molecule has 0 aliphatic carbocycles. The van der Waals surface area contributed by atoms with Crippen LogP contribution in [0.15, 0.2) is 0 Å². The number of nitrogens with zero attached hydrogens (tertiary/aromatic N) is 2. The van der Waals surface area contributed by atoms with E-state index in [1.165, 1.54) is 0 Å². The zero-order valence-corrected chi connectivity index (χ0v) is 19.8. The lowest BCUT2D eigenvalue weighted by molar-refractivity contribution is -0.146. The van der Waals surface area contributed by atoms with Crippen LogP contribution in [0.25, 0.3) is 0 Å². The van der Waals surface area contributed by atoms with E-state index in [1.807, 2.05) is 13.8 Å². The lowest BCUT2D eigenvalue weighted by Gasteiger charge is -2.33. The Balaban J connectivity index is 1.54. The van der Waals surface area contributed by atoms with Gasteiger partial charge in [0.1, 0.15) is 11.6 Å². The fourth-order valence-corrected chi connectivity index (χ4v) is 6.23. The van der Waals surface area contributed by atoms with Gasteiger partial charge in [-0.1, -0.05) is 6.92 Å². The van der Waals surface area contributed by atoms with Crippen LogP contribution in [0.1, 0.15) is 39.5 Å². The smallest absolute Gasteiger partial charge is 0.245 e. The van der Waals surface area contributed by atoms with Crippen LogP contribution in [-0.2, 0) is 23.9 Å². The summed E-state index contributed by atoms with van der Waals surface area (Å²) in [5, 5.41) is 15.3. The second-order valence-corrected chi connectivity index (χ2v) is 9.87. The van der Waals surface area contributed by atoms with Crippen molar-refractivity contribution in [2.24, 2.45) is 11.8 Å². The van der Waals surface area contributed by atoms with Gasteiger partial charge in [0.2, 0.25) is 17.7 Å². The van der Waals surface area contributed by atoms with Crippen molar-refractivity contribution in [1.82, 2.24) is 20.4 Å². The van der Waals surface area contributed by atoms with Crippen molar-refractivity contribution in [2.75, 3.05) is 59.1 Å². The number of amides is 3. The molecule has 3 amide bonds. The molecule has 0 aromatic carbocycles. The molecule has 4 rings (SSSR count). The standard InChI is InChI=1S/C23H38N4O6/c1-3-7-24-19(29)16-17-21(31)27(9-4-13-28)18(23(17)6-5-22(16,2)33-23)20(30)25-8-10-26-11-14-32-15-12-26/h16-18,28H,3-15H2,1-2H3,(H,24,29)(H,25,30)/t16-,17+,18?,22+,23?/m1/s1. The van der Waals surface area contributed by atoms with Gasteiger partial charge in [-0.05, 0) is 32.6 Å². The molecule has 3 N–H and O–H groups in total. The molecule has 0 radical (unpaired) electrons. The molecule has 4 saturated heterocycles. The lowest BCUT2D eigenvalue weighted by Crippen LogP contribution is -2.56. The van der Waals surface area contributed by atoms with E-state index in [2.05, 4.69) is 15.5 Å². The predicted octanol–water partition coefficient (Wildman–Crippen LogP) is -0.892. The highest BCUT2D eigenvalue weighted by atomic mass is 16.5. The third-order valence-corrected chi connectivity index (χ3v) is 7.74. The monoisotopic (exact) mass is 466 g/mol. The Morgan fingerprint density at radius 2 is 1.85 bits per heavy atom. The number of hydrogen-bond donors (Lipinski definition) is 3. The molecule has 2 unspecified atom stereocenters. The van der Waals surface area contributed by atoms with E-state index in [-0.39, 0.29) is 30.9 Å². The Kier molecular flexibility index (Phi) is 7.28. The average Bonchev–Trinajstić information content (AvgIpc) is 3.37. The fraction of sp³-hybridized carbons (Fsp3) is 0.870. The van der Waals surface area contributed by atoms with E-state index in [1.54, 1.807) is 4.90 Å². The molecule has 5 atom stereocenters. The summed E-state index contributed by atoms with van der Waals surface area (Å²) in [5.74, 6) is -1.92. The Morgan fingerprint density at radius 1 is 1.12 bits per heavy atom. The number of aliphatic hydroxyl groups is 1. The number of carbonyl (C=O) groups excluding carboxylic acids is 3. The van der Waals surface area contributed by atoms with Gasteiger partial charge >= 0.3 is 0 Å². The normalized spacial score (nSPS) is 35.7. The Morgan fingerprint density at radius 3 is 2.55 bits per heavy atom. The quantitative estimate of drug-likeness (QED) is 0.382. The topological polar surface area (TPSA) is 120 Å². The van der Waals surface area contributed by atoms with E-state index < -0.39 is 29.1 Å². The number of nitrogens with one attached hydrogen (secondary N) is 2. The number of fused-ring (bicyclic) bond motifs is 1. The van der Waals surface area contributed by atoms with Crippen LogP contribution in [0.2, 0.25) is 0 Å². The average molecular weight is 467 g/mol. The summed E-state index contributed by atoms with van der Waals surface area (Å²) in [7, 11) is 0. The lowest BCUT2D eigenvalue weighted by atomic mass is 9.66. The molecule has 0 saturated carbocycles. The Bertz CT molecular complexity index is 759.